The molecular formula is C19H19N3O3S. The Morgan fingerprint density at radius 1 is 1.23 bits per heavy atom. The van der Waals surface area contributed by atoms with E-state index in [1.807, 2.05) is 36.4 Å². The highest BCUT2D eigenvalue weighted by molar-refractivity contribution is 7.18. The predicted octanol–water partition coefficient (Wildman–Crippen LogP) is 2.25. The number of thiazole rings is 1. The van der Waals surface area contributed by atoms with E-state index in [0.717, 1.165) is 20.1 Å². The number of rotatable bonds is 4. The second-order valence-corrected chi connectivity index (χ2v) is 7.79. The van der Waals surface area contributed by atoms with Crippen molar-refractivity contribution < 1.29 is 14.4 Å². The van der Waals surface area contributed by atoms with Gasteiger partial charge in [0, 0.05) is 0 Å². The fraction of sp³-hybridized carbons (Fsp3) is 0.368. The summed E-state index contributed by atoms with van der Waals surface area (Å²) in [5.41, 5.74) is 0.899. The van der Waals surface area contributed by atoms with Crippen molar-refractivity contribution in [1.82, 2.24) is 15.2 Å². The van der Waals surface area contributed by atoms with E-state index in [2.05, 4.69) is 10.3 Å². The van der Waals surface area contributed by atoms with Gasteiger partial charge in [-0.25, -0.2) is 4.98 Å². The van der Waals surface area contributed by atoms with Gasteiger partial charge in [-0.3, -0.25) is 19.3 Å². The number of para-hydroxylation sites is 1. The molecule has 4 rings (SSSR count). The van der Waals surface area contributed by atoms with Crippen molar-refractivity contribution in [3.8, 4) is 0 Å². The molecule has 1 aliphatic heterocycles. The number of aromatic nitrogens is 1. The third-order valence-electron chi connectivity index (χ3n) is 5.06. The van der Waals surface area contributed by atoms with E-state index >= 15 is 0 Å². The predicted molar refractivity (Wildman–Crippen MR) is 98.1 cm³/mol. The van der Waals surface area contributed by atoms with Gasteiger partial charge in [-0.2, -0.15) is 0 Å². The molecule has 0 bridgehead atoms. The van der Waals surface area contributed by atoms with Crippen molar-refractivity contribution in [3.63, 3.8) is 0 Å². The van der Waals surface area contributed by atoms with Crippen LogP contribution in [0, 0.1) is 11.8 Å². The van der Waals surface area contributed by atoms with Crippen LogP contribution in [0.15, 0.2) is 36.4 Å². The Labute approximate surface area is 154 Å². The van der Waals surface area contributed by atoms with Crippen LogP contribution in [0.25, 0.3) is 10.2 Å². The number of imide groups is 1. The number of allylic oxidation sites excluding steroid dienone is 2. The van der Waals surface area contributed by atoms with Crippen LogP contribution in [0.5, 0.6) is 0 Å². The first-order chi connectivity index (χ1) is 12.6. The van der Waals surface area contributed by atoms with Gasteiger partial charge in [0.1, 0.15) is 11.0 Å². The number of carbonyl (C=O) groups excluding carboxylic acids is 3. The summed E-state index contributed by atoms with van der Waals surface area (Å²) in [5, 5.41) is 3.60. The molecule has 7 heteroatoms. The number of hydrogen-bond acceptors (Lipinski definition) is 5. The third-order valence-corrected chi connectivity index (χ3v) is 6.10. The number of carbonyl (C=O) groups is 3. The highest BCUT2D eigenvalue weighted by atomic mass is 32.1. The van der Waals surface area contributed by atoms with Crippen molar-refractivity contribution in [2.45, 2.75) is 32.4 Å². The van der Waals surface area contributed by atoms with Gasteiger partial charge in [-0.15, -0.1) is 11.3 Å². The first-order valence-electron chi connectivity index (χ1n) is 8.70. The molecule has 1 fully saturated rings. The summed E-state index contributed by atoms with van der Waals surface area (Å²) in [6.07, 6.45) is 5.03. The zero-order valence-electron chi connectivity index (χ0n) is 14.3. The molecule has 0 saturated carbocycles. The Morgan fingerprint density at radius 2 is 1.88 bits per heavy atom. The van der Waals surface area contributed by atoms with Gasteiger partial charge in [-0.1, -0.05) is 24.3 Å². The summed E-state index contributed by atoms with van der Waals surface area (Å²) in [7, 11) is 0. The molecule has 26 heavy (non-hydrogen) atoms. The van der Waals surface area contributed by atoms with Crippen LogP contribution >= 0.6 is 11.3 Å². The topological polar surface area (TPSA) is 79.4 Å². The Morgan fingerprint density at radius 3 is 2.54 bits per heavy atom. The SMILES string of the molecule is CC(C(=O)NCc1nc2ccccc2s1)N1C(=O)C2CC=CCC2C1=O. The van der Waals surface area contributed by atoms with Crippen molar-refractivity contribution in [3.05, 3.63) is 41.4 Å². The summed E-state index contributed by atoms with van der Waals surface area (Å²) in [6, 6.07) is 6.97. The van der Waals surface area contributed by atoms with E-state index in [1.165, 1.54) is 11.3 Å². The molecule has 1 aromatic heterocycles. The van der Waals surface area contributed by atoms with E-state index in [1.54, 1.807) is 6.92 Å². The van der Waals surface area contributed by atoms with Gasteiger partial charge >= 0.3 is 0 Å². The van der Waals surface area contributed by atoms with Gasteiger partial charge in [0.15, 0.2) is 0 Å². The maximum atomic E-state index is 12.6. The molecule has 1 saturated heterocycles. The zero-order valence-corrected chi connectivity index (χ0v) is 15.2. The van der Waals surface area contributed by atoms with Crippen LogP contribution < -0.4 is 5.32 Å². The summed E-state index contributed by atoms with van der Waals surface area (Å²) in [4.78, 5) is 43.3. The van der Waals surface area contributed by atoms with Gasteiger partial charge in [0.05, 0.1) is 28.6 Å². The number of benzene rings is 1. The molecule has 0 spiro atoms. The van der Waals surface area contributed by atoms with E-state index in [9.17, 15) is 14.4 Å². The number of amides is 3. The molecule has 1 aromatic carbocycles. The normalized spacial score (nSPS) is 23.3. The Bertz CT molecular complexity index is 861. The van der Waals surface area contributed by atoms with Crippen LogP contribution in [0.1, 0.15) is 24.8 Å². The largest absolute Gasteiger partial charge is 0.348 e. The van der Waals surface area contributed by atoms with E-state index < -0.39 is 6.04 Å². The van der Waals surface area contributed by atoms with Crippen LogP contribution in [-0.2, 0) is 20.9 Å². The molecule has 2 aromatic rings. The van der Waals surface area contributed by atoms with E-state index in [4.69, 9.17) is 0 Å². The summed E-state index contributed by atoms with van der Waals surface area (Å²) in [5.74, 6) is -1.42. The molecule has 3 amide bonds. The lowest BCUT2D eigenvalue weighted by molar-refractivity contribution is -0.147. The molecular weight excluding hydrogens is 350 g/mol. The molecule has 2 aliphatic rings. The van der Waals surface area contributed by atoms with Crippen molar-refractivity contribution >= 4 is 39.3 Å². The molecule has 134 valence electrons. The monoisotopic (exact) mass is 369 g/mol. The first kappa shape index (κ1) is 16.9. The van der Waals surface area contributed by atoms with Crippen LogP contribution in [0.2, 0.25) is 0 Å². The second kappa shape index (κ2) is 6.64. The van der Waals surface area contributed by atoms with E-state index in [0.29, 0.717) is 12.8 Å². The Kier molecular flexibility index (Phi) is 4.32. The molecule has 0 radical (unpaired) electrons. The lowest BCUT2D eigenvalue weighted by Crippen LogP contribution is -2.48. The van der Waals surface area contributed by atoms with Gasteiger partial charge in [0.25, 0.3) is 0 Å². The van der Waals surface area contributed by atoms with Crippen molar-refractivity contribution in [2.75, 3.05) is 0 Å². The van der Waals surface area contributed by atoms with Gasteiger partial charge < -0.3 is 5.32 Å². The van der Waals surface area contributed by atoms with E-state index in [-0.39, 0.29) is 36.1 Å². The Hall–Kier alpha value is -2.54. The fourth-order valence-electron chi connectivity index (χ4n) is 3.63. The molecule has 3 atom stereocenters. The lowest BCUT2D eigenvalue weighted by atomic mass is 9.85. The minimum atomic E-state index is -0.810. The highest BCUT2D eigenvalue weighted by Gasteiger charge is 2.50. The van der Waals surface area contributed by atoms with Crippen molar-refractivity contribution in [1.29, 1.82) is 0 Å². The summed E-state index contributed by atoms with van der Waals surface area (Å²) in [6.45, 7) is 1.89. The maximum absolute atomic E-state index is 12.6. The minimum Gasteiger partial charge on any atom is -0.348 e. The lowest BCUT2D eigenvalue weighted by Gasteiger charge is -2.22. The number of fused-ring (bicyclic) bond motifs is 2. The Balaban J connectivity index is 1.43. The minimum absolute atomic E-state index is 0.230. The number of hydrogen-bond donors (Lipinski definition) is 1. The summed E-state index contributed by atoms with van der Waals surface area (Å²) >= 11 is 1.52. The number of nitrogens with one attached hydrogen (secondary N) is 1. The summed E-state index contributed by atoms with van der Waals surface area (Å²) < 4.78 is 1.06. The maximum Gasteiger partial charge on any atom is 0.243 e. The quantitative estimate of drug-likeness (QED) is 0.662. The number of nitrogens with zero attached hydrogens (tertiary/aromatic N) is 2. The zero-order chi connectivity index (χ0) is 18.3. The number of likely N-dealkylation sites (tertiary alicyclic amines) is 1. The highest BCUT2D eigenvalue weighted by Crippen LogP contribution is 2.36. The first-order valence-corrected chi connectivity index (χ1v) is 9.52. The molecule has 1 aliphatic carbocycles. The molecule has 1 N–H and O–H groups in total. The standard InChI is InChI=1S/C19H19N3O3S/c1-11(22-18(24)12-6-2-3-7-13(12)19(22)25)17(23)20-10-16-21-14-8-4-5-9-15(14)26-16/h2-5,8-9,11-13H,6-7,10H2,1H3,(H,20,23). The van der Waals surface area contributed by atoms with Crippen LogP contribution in [-0.4, -0.2) is 33.6 Å². The average molecular weight is 369 g/mol. The molecule has 2 heterocycles. The third kappa shape index (κ3) is 2.82. The second-order valence-electron chi connectivity index (χ2n) is 6.67. The van der Waals surface area contributed by atoms with Crippen LogP contribution in [0.3, 0.4) is 0 Å². The fourth-order valence-corrected chi connectivity index (χ4v) is 4.54. The van der Waals surface area contributed by atoms with Crippen LogP contribution in [0.4, 0.5) is 0 Å². The van der Waals surface area contributed by atoms with Gasteiger partial charge in [0.2, 0.25) is 17.7 Å². The van der Waals surface area contributed by atoms with Crippen molar-refractivity contribution in [2.24, 2.45) is 11.8 Å². The molecule has 3 unspecified atom stereocenters. The smallest absolute Gasteiger partial charge is 0.243 e. The molecule has 6 nitrogen and oxygen atoms in total. The average Bonchev–Trinajstić information content (AvgIpc) is 3.18. The van der Waals surface area contributed by atoms with Gasteiger partial charge in [-0.05, 0) is 31.9 Å².